The normalized spacial score (nSPS) is 18.1. The summed E-state index contributed by atoms with van der Waals surface area (Å²) in [6.07, 6.45) is 2.31. The molecule has 4 rings (SSSR count). The number of hydrogen-bond acceptors (Lipinski definition) is 9. The molecule has 0 aromatic heterocycles. The van der Waals surface area contributed by atoms with E-state index in [2.05, 4.69) is 10.6 Å². The van der Waals surface area contributed by atoms with Crippen LogP contribution in [-0.4, -0.2) is 78.2 Å². The zero-order valence-electron chi connectivity index (χ0n) is 26.9. The van der Waals surface area contributed by atoms with Crippen LogP contribution in [0.4, 0.5) is 4.79 Å². The highest BCUT2D eigenvalue weighted by Crippen LogP contribution is 2.44. The first-order valence-corrected chi connectivity index (χ1v) is 16.3. The lowest BCUT2D eigenvalue weighted by atomic mass is 9.76. The van der Waals surface area contributed by atoms with Crippen LogP contribution in [0.3, 0.4) is 0 Å². The molecule has 0 radical (unpaired) electrons. The molecule has 1 heterocycles. The molecule has 1 aliphatic heterocycles. The number of hydrogen-bond donors (Lipinski definition) is 3. The van der Waals surface area contributed by atoms with Gasteiger partial charge in [-0.2, -0.15) is 0 Å². The molecular weight excluding hydrogens is 606 g/mol. The summed E-state index contributed by atoms with van der Waals surface area (Å²) in [6, 6.07) is 16.6. The first kappa shape index (κ1) is 35.6. The Balaban J connectivity index is 1.49. The summed E-state index contributed by atoms with van der Waals surface area (Å²) >= 11 is 0. The van der Waals surface area contributed by atoms with Crippen molar-refractivity contribution in [2.75, 3.05) is 26.3 Å². The molecule has 2 fully saturated rings. The van der Waals surface area contributed by atoms with Crippen LogP contribution in [0.1, 0.15) is 63.0 Å². The Morgan fingerprint density at radius 2 is 1.57 bits per heavy atom. The Morgan fingerprint density at radius 1 is 0.936 bits per heavy atom. The van der Waals surface area contributed by atoms with Crippen molar-refractivity contribution in [1.82, 2.24) is 15.5 Å². The molecule has 2 aromatic rings. The average molecular weight is 652 g/mol. The van der Waals surface area contributed by atoms with Crippen LogP contribution in [0.15, 0.2) is 60.7 Å². The van der Waals surface area contributed by atoms with Crippen LogP contribution in [-0.2, 0) is 46.6 Å². The molecule has 2 aromatic carbocycles. The number of carboxylic acid groups (broad SMARTS) is 1. The smallest absolute Gasteiger partial charge is 0.416 e. The average Bonchev–Trinajstić information content (AvgIpc) is 3.80. The molecule has 0 unspecified atom stereocenters. The largest absolute Gasteiger partial charge is 0.481 e. The maximum Gasteiger partial charge on any atom is 0.416 e. The zero-order valence-corrected chi connectivity index (χ0v) is 26.9. The Hall–Kier alpha value is -4.29. The summed E-state index contributed by atoms with van der Waals surface area (Å²) < 4.78 is 16.4. The molecule has 1 aliphatic carbocycles. The van der Waals surface area contributed by atoms with Crippen LogP contribution in [0.2, 0.25) is 0 Å². The van der Waals surface area contributed by atoms with E-state index in [-0.39, 0.29) is 32.8 Å². The van der Waals surface area contributed by atoms with Crippen molar-refractivity contribution in [3.63, 3.8) is 0 Å². The van der Waals surface area contributed by atoms with E-state index >= 15 is 0 Å². The molecule has 12 nitrogen and oxygen atoms in total. The van der Waals surface area contributed by atoms with E-state index in [1.807, 2.05) is 36.4 Å². The van der Waals surface area contributed by atoms with E-state index < -0.39 is 59.8 Å². The third-order valence-corrected chi connectivity index (χ3v) is 8.75. The Labute approximate surface area is 275 Å². The Bertz CT molecular complexity index is 1340. The van der Waals surface area contributed by atoms with Gasteiger partial charge in [-0.15, -0.1) is 0 Å². The highest BCUT2D eigenvalue weighted by atomic mass is 16.6. The number of carbonyl (C=O) groups excluding carboxylic acids is 4. The highest BCUT2D eigenvalue weighted by Gasteiger charge is 2.47. The van der Waals surface area contributed by atoms with Crippen LogP contribution >= 0.6 is 0 Å². The number of ether oxygens (including phenoxy) is 3. The van der Waals surface area contributed by atoms with E-state index in [9.17, 15) is 29.1 Å². The number of carbonyl (C=O) groups is 5. The molecule has 254 valence electrons. The number of rotatable bonds is 16. The van der Waals surface area contributed by atoms with Crippen LogP contribution in [0, 0.1) is 11.3 Å². The molecule has 47 heavy (non-hydrogen) atoms. The lowest BCUT2D eigenvalue weighted by Gasteiger charge is -2.33. The van der Waals surface area contributed by atoms with Gasteiger partial charge in [0.2, 0.25) is 11.8 Å². The second-order valence-electron chi connectivity index (χ2n) is 12.1. The van der Waals surface area contributed by atoms with Crippen molar-refractivity contribution >= 4 is 29.8 Å². The number of benzene rings is 2. The molecule has 0 bridgehead atoms. The minimum atomic E-state index is -1.26. The maximum absolute atomic E-state index is 14.0. The molecule has 0 spiro atoms. The molecule has 3 atom stereocenters. The van der Waals surface area contributed by atoms with Gasteiger partial charge in [-0.3, -0.25) is 14.4 Å². The molecular formula is C35H45N3O9. The number of esters is 1. The molecule has 1 saturated carbocycles. The van der Waals surface area contributed by atoms with Gasteiger partial charge in [0, 0.05) is 6.54 Å². The van der Waals surface area contributed by atoms with Gasteiger partial charge in [-0.05, 0) is 56.7 Å². The third kappa shape index (κ3) is 10.1. The Kier molecular flexibility index (Phi) is 13.3. The van der Waals surface area contributed by atoms with Crippen molar-refractivity contribution in [1.29, 1.82) is 0 Å². The fourth-order valence-electron chi connectivity index (χ4n) is 6.22. The van der Waals surface area contributed by atoms with E-state index in [4.69, 9.17) is 14.2 Å². The van der Waals surface area contributed by atoms with Crippen molar-refractivity contribution in [3.05, 3.63) is 71.8 Å². The van der Waals surface area contributed by atoms with Gasteiger partial charge in [-0.1, -0.05) is 73.5 Å². The first-order chi connectivity index (χ1) is 22.7. The molecule has 3 N–H and O–H groups in total. The van der Waals surface area contributed by atoms with E-state index in [1.165, 1.54) is 0 Å². The molecule has 3 amide bonds. The van der Waals surface area contributed by atoms with Crippen LogP contribution in [0.5, 0.6) is 0 Å². The predicted molar refractivity (Wildman–Crippen MR) is 171 cm³/mol. The van der Waals surface area contributed by atoms with Crippen molar-refractivity contribution in [2.24, 2.45) is 11.3 Å². The van der Waals surface area contributed by atoms with E-state index in [1.54, 1.807) is 31.2 Å². The summed E-state index contributed by atoms with van der Waals surface area (Å²) in [4.78, 5) is 67.2. The van der Waals surface area contributed by atoms with Crippen LogP contribution < -0.4 is 10.6 Å². The molecule has 2 aliphatic rings. The second kappa shape index (κ2) is 17.6. The fourth-order valence-corrected chi connectivity index (χ4v) is 6.22. The van der Waals surface area contributed by atoms with Crippen molar-refractivity contribution in [2.45, 2.75) is 77.2 Å². The number of nitrogens with zero attached hydrogens (tertiary/aromatic N) is 1. The SMILES string of the molecule is CCOC(=O)[C@H](COCc1ccccc1)NC(=O)C1(C[C@@H](CN(C(=O)OCc2ccccc2)C(=O)[C@@H]2CCCN2)C(=O)O)CCCC1. The standard InChI is InChI=1S/C35H45N3O9/c1-2-46-32(42)29(24-45-22-25-12-5-3-6-13-25)37-33(43)35(17-9-10-18-35)20-27(31(40)41)21-38(30(39)28-16-11-19-36-28)34(44)47-23-26-14-7-4-8-15-26/h3-8,12-15,27-29,36H,2,9-11,16-24H2,1H3,(H,37,43)(H,40,41)/t27-,28-,29-/m0/s1. The topological polar surface area (TPSA) is 161 Å². The lowest BCUT2D eigenvalue weighted by molar-refractivity contribution is -0.152. The van der Waals surface area contributed by atoms with Gasteiger partial charge in [0.25, 0.3) is 0 Å². The highest BCUT2D eigenvalue weighted by molar-refractivity contribution is 5.95. The lowest BCUT2D eigenvalue weighted by Crippen LogP contribution is -2.53. The number of amides is 3. The zero-order chi connectivity index (χ0) is 33.6. The minimum absolute atomic E-state index is 0.0901. The van der Waals surface area contributed by atoms with Crippen molar-refractivity contribution < 1.29 is 43.3 Å². The number of carboxylic acids is 1. The quantitative estimate of drug-likeness (QED) is 0.228. The van der Waals surface area contributed by atoms with Gasteiger partial charge in [0.1, 0.15) is 6.61 Å². The number of aliphatic carboxylic acids is 1. The first-order valence-electron chi connectivity index (χ1n) is 16.3. The summed E-state index contributed by atoms with van der Waals surface area (Å²) in [6.45, 7) is 1.91. The summed E-state index contributed by atoms with van der Waals surface area (Å²) in [7, 11) is 0. The second-order valence-corrected chi connectivity index (χ2v) is 12.1. The van der Waals surface area contributed by atoms with Crippen molar-refractivity contribution in [3.8, 4) is 0 Å². The summed E-state index contributed by atoms with van der Waals surface area (Å²) in [5, 5.41) is 16.2. The summed E-state index contributed by atoms with van der Waals surface area (Å²) in [5.41, 5.74) is 0.473. The van der Waals surface area contributed by atoms with Gasteiger partial charge >= 0.3 is 18.0 Å². The summed E-state index contributed by atoms with van der Waals surface area (Å²) in [5.74, 6) is -4.20. The minimum Gasteiger partial charge on any atom is -0.481 e. The maximum atomic E-state index is 14.0. The van der Waals surface area contributed by atoms with Crippen LogP contribution in [0.25, 0.3) is 0 Å². The van der Waals surface area contributed by atoms with Gasteiger partial charge in [0.15, 0.2) is 6.04 Å². The van der Waals surface area contributed by atoms with E-state index in [0.717, 1.165) is 16.9 Å². The predicted octanol–water partition coefficient (Wildman–Crippen LogP) is 3.82. The number of nitrogens with one attached hydrogen (secondary N) is 2. The fraction of sp³-hybridized carbons (Fsp3) is 0.514. The number of imide groups is 1. The monoisotopic (exact) mass is 651 g/mol. The van der Waals surface area contributed by atoms with Gasteiger partial charge < -0.3 is 30.0 Å². The van der Waals surface area contributed by atoms with Gasteiger partial charge in [-0.25, -0.2) is 14.5 Å². The molecule has 12 heteroatoms. The van der Waals surface area contributed by atoms with E-state index in [0.29, 0.717) is 44.2 Å². The molecule has 1 saturated heterocycles. The third-order valence-electron chi connectivity index (χ3n) is 8.75. The van der Waals surface area contributed by atoms with Gasteiger partial charge in [0.05, 0.1) is 37.2 Å². The Morgan fingerprint density at radius 3 is 2.15 bits per heavy atom.